The molecule has 0 spiro atoms. The van der Waals surface area contributed by atoms with E-state index in [0.717, 1.165) is 6.07 Å². The van der Waals surface area contributed by atoms with Crippen molar-refractivity contribution in [3.63, 3.8) is 0 Å². The first-order chi connectivity index (χ1) is 16.6. The highest BCUT2D eigenvalue weighted by atomic mass is 19.1. The van der Waals surface area contributed by atoms with Crippen LogP contribution < -0.4 is 14.2 Å². The lowest BCUT2D eigenvalue weighted by molar-refractivity contribution is -0.133. The third-order valence-corrected chi connectivity index (χ3v) is 4.38. The maximum atomic E-state index is 14.6. The summed E-state index contributed by atoms with van der Waals surface area (Å²) in [5.41, 5.74) is 0.981. The second-order valence-corrected chi connectivity index (χ2v) is 7.33. The minimum Gasteiger partial charge on any atom is -0.420 e. The van der Waals surface area contributed by atoms with Crippen molar-refractivity contribution in [1.29, 1.82) is 0 Å². The van der Waals surface area contributed by atoms with Crippen LogP contribution in [0.15, 0.2) is 72.9 Å². The van der Waals surface area contributed by atoms with Gasteiger partial charge in [-0.25, -0.2) is 18.8 Å². The Kier molecular flexibility index (Phi) is 9.63. The van der Waals surface area contributed by atoms with Gasteiger partial charge in [-0.3, -0.25) is 0 Å². The number of rotatable bonds is 11. The molecule has 0 saturated heterocycles. The summed E-state index contributed by atoms with van der Waals surface area (Å²) >= 11 is 0. The maximum Gasteiger partial charge on any atom is 0.341 e. The standard InChI is InChI=1S/C26H25FO8/c1-15(2)24(28)35-23-12-19(8-10-22(23)34-26(30)17(4)14-32-6)18-7-9-21(20(27)11-18)33-25(29)16(3)13-31-5/h7-12H,1,3-4,13-14H2,2,5-6H3. The van der Waals surface area contributed by atoms with Crippen molar-refractivity contribution in [3.8, 4) is 28.4 Å². The minimum atomic E-state index is -0.825. The van der Waals surface area contributed by atoms with Crippen LogP contribution in [-0.4, -0.2) is 45.3 Å². The summed E-state index contributed by atoms with van der Waals surface area (Å²) < 4.78 is 39.9. The Bertz CT molecular complexity index is 1180. The first-order valence-corrected chi connectivity index (χ1v) is 10.2. The van der Waals surface area contributed by atoms with Crippen molar-refractivity contribution >= 4 is 17.9 Å². The lowest BCUT2D eigenvalue weighted by Crippen LogP contribution is -2.16. The van der Waals surface area contributed by atoms with Crippen LogP contribution in [0.25, 0.3) is 11.1 Å². The molecule has 2 aromatic rings. The molecule has 0 radical (unpaired) electrons. The lowest BCUT2D eigenvalue weighted by Gasteiger charge is -2.14. The molecule has 0 atom stereocenters. The number of carbonyl (C=O) groups is 3. The van der Waals surface area contributed by atoms with Gasteiger partial charge >= 0.3 is 17.9 Å². The Morgan fingerprint density at radius 1 is 0.714 bits per heavy atom. The van der Waals surface area contributed by atoms with E-state index in [1.165, 1.54) is 51.5 Å². The van der Waals surface area contributed by atoms with E-state index in [1.807, 2.05) is 0 Å². The summed E-state index contributed by atoms with van der Waals surface area (Å²) in [7, 11) is 2.78. The largest absolute Gasteiger partial charge is 0.420 e. The highest BCUT2D eigenvalue weighted by Gasteiger charge is 2.19. The molecule has 0 aliphatic heterocycles. The average Bonchev–Trinajstić information content (AvgIpc) is 2.81. The van der Waals surface area contributed by atoms with E-state index in [0.29, 0.717) is 11.1 Å². The van der Waals surface area contributed by atoms with E-state index in [-0.39, 0.29) is 47.2 Å². The zero-order valence-electron chi connectivity index (χ0n) is 19.6. The van der Waals surface area contributed by atoms with Gasteiger partial charge in [-0.2, -0.15) is 0 Å². The van der Waals surface area contributed by atoms with E-state index in [2.05, 4.69) is 19.7 Å². The predicted octanol–water partition coefficient (Wildman–Crippen LogP) is 4.19. The maximum absolute atomic E-state index is 14.6. The SMILES string of the molecule is C=C(C)C(=O)Oc1cc(-c2ccc(OC(=O)C(=C)COC)c(F)c2)ccc1OC(=O)C(=C)COC. The van der Waals surface area contributed by atoms with Crippen LogP contribution in [0.3, 0.4) is 0 Å². The van der Waals surface area contributed by atoms with Gasteiger partial charge in [-0.1, -0.05) is 31.9 Å². The molecule has 0 saturated carbocycles. The van der Waals surface area contributed by atoms with Crippen molar-refractivity contribution in [2.45, 2.75) is 6.92 Å². The molecule has 0 aliphatic rings. The Hall–Kier alpha value is -4.08. The minimum absolute atomic E-state index is 0.0262. The van der Waals surface area contributed by atoms with Gasteiger partial charge in [0.25, 0.3) is 0 Å². The third-order valence-electron chi connectivity index (χ3n) is 4.38. The Morgan fingerprint density at radius 3 is 1.66 bits per heavy atom. The molecule has 0 bridgehead atoms. The molecule has 0 unspecified atom stereocenters. The Balaban J connectivity index is 2.36. The lowest BCUT2D eigenvalue weighted by atomic mass is 10.0. The molecule has 2 aromatic carbocycles. The quantitative estimate of drug-likeness (QED) is 0.266. The van der Waals surface area contributed by atoms with Gasteiger partial charge in [0.15, 0.2) is 23.1 Å². The number of hydrogen-bond donors (Lipinski definition) is 0. The van der Waals surface area contributed by atoms with E-state index in [1.54, 1.807) is 0 Å². The van der Waals surface area contributed by atoms with E-state index < -0.39 is 23.7 Å². The fraction of sp³-hybridized carbons (Fsp3) is 0.192. The molecular formula is C26H25FO8. The zero-order chi connectivity index (χ0) is 26.1. The van der Waals surface area contributed by atoms with Gasteiger partial charge in [0.1, 0.15) is 0 Å². The van der Waals surface area contributed by atoms with Crippen LogP contribution in [-0.2, 0) is 23.9 Å². The first kappa shape index (κ1) is 27.2. The Labute approximate surface area is 202 Å². The van der Waals surface area contributed by atoms with Crippen LogP contribution in [0.4, 0.5) is 4.39 Å². The summed E-state index contributed by atoms with van der Waals surface area (Å²) in [6.07, 6.45) is 0. The molecule has 0 aromatic heterocycles. The smallest absolute Gasteiger partial charge is 0.341 e. The fourth-order valence-corrected chi connectivity index (χ4v) is 2.61. The van der Waals surface area contributed by atoms with Crippen molar-refractivity contribution in [2.75, 3.05) is 27.4 Å². The third kappa shape index (κ3) is 7.46. The molecule has 2 rings (SSSR count). The zero-order valence-corrected chi connectivity index (χ0v) is 19.6. The predicted molar refractivity (Wildman–Crippen MR) is 126 cm³/mol. The number of halogens is 1. The van der Waals surface area contributed by atoms with Crippen molar-refractivity contribution < 1.29 is 42.5 Å². The average molecular weight is 484 g/mol. The van der Waals surface area contributed by atoms with Crippen molar-refractivity contribution in [2.24, 2.45) is 0 Å². The Morgan fingerprint density at radius 2 is 1.17 bits per heavy atom. The number of carbonyl (C=O) groups excluding carboxylic acids is 3. The molecule has 0 aliphatic carbocycles. The molecule has 8 nitrogen and oxygen atoms in total. The van der Waals surface area contributed by atoms with Crippen molar-refractivity contribution in [3.05, 3.63) is 78.7 Å². The van der Waals surface area contributed by atoms with E-state index in [9.17, 15) is 18.8 Å². The highest BCUT2D eigenvalue weighted by molar-refractivity contribution is 5.92. The summed E-state index contributed by atoms with van der Waals surface area (Å²) in [6.45, 7) is 12.0. The van der Waals surface area contributed by atoms with Crippen LogP contribution >= 0.6 is 0 Å². The van der Waals surface area contributed by atoms with Gasteiger partial charge in [0.2, 0.25) is 0 Å². The molecule has 0 heterocycles. The summed E-state index contributed by atoms with van der Waals surface area (Å²) in [5, 5.41) is 0. The highest BCUT2D eigenvalue weighted by Crippen LogP contribution is 2.35. The van der Waals surface area contributed by atoms with Gasteiger partial charge in [-0.15, -0.1) is 0 Å². The first-order valence-electron chi connectivity index (χ1n) is 10.2. The van der Waals surface area contributed by atoms with Crippen LogP contribution in [0, 0.1) is 5.82 Å². The van der Waals surface area contributed by atoms with Gasteiger partial charge in [-0.05, 0) is 42.3 Å². The van der Waals surface area contributed by atoms with Crippen molar-refractivity contribution in [1.82, 2.24) is 0 Å². The molecule has 35 heavy (non-hydrogen) atoms. The van der Waals surface area contributed by atoms with Crippen LogP contribution in [0.1, 0.15) is 6.92 Å². The van der Waals surface area contributed by atoms with Crippen LogP contribution in [0.5, 0.6) is 17.2 Å². The molecule has 184 valence electrons. The monoisotopic (exact) mass is 484 g/mol. The molecule has 9 heteroatoms. The van der Waals surface area contributed by atoms with Crippen LogP contribution in [0.2, 0.25) is 0 Å². The normalized spacial score (nSPS) is 10.3. The molecule has 0 fully saturated rings. The molecule has 0 N–H and O–H groups in total. The van der Waals surface area contributed by atoms with Gasteiger partial charge < -0.3 is 23.7 Å². The number of ether oxygens (including phenoxy) is 5. The van der Waals surface area contributed by atoms with E-state index >= 15 is 0 Å². The number of benzene rings is 2. The topological polar surface area (TPSA) is 97.4 Å². The summed E-state index contributed by atoms with van der Waals surface area (Å²) in [6, 6.07) is 8.20. The number of hydrogen-bond acceptors (Lipinski definition) is 8. The van der Waals surface area contributed by atoms with Gasteiger partial charge in [0, 0.05) is 19.8 Å². The second kappa shape index (κ2) is 12.4. The molecule has 0 amide bonds. The summed E-state index contributed by atoms with van der Waals surface area (Å²) in [5.74, 6) is -3.62. The van der Waals surface area contributed by atoms with Gasteiger partial charge in [0.05, 0.1) is 24.4 Å². The molecular weight excluding hydrogens is 459 g/mol. The van der Waals surface area contributed by atoms with E-state index in [4.69, 9.17) is 23.7 Å². The summed E-state index contributed by atoms with van der Waals surface area (Å²) in [4.78, 5) is 36.3. The fourth-order valence-electron chi connectivity index (χ4n) is 2.61. The number of esters is 3. The number of methoxy groups -OCH3 is 2. The second-order valence-electron chi connectivity index (χ2n) is 7.33.